The van der Waals surface area contributed by atoms with E-state index in [1.165, 1.54) is 41.7 Å². The van der Waals surface area contributed by atoms with E-state index in [1.807, 2.05) is 38.2 Å². The molecule has 0 atom stereocenters. The summed E-state index contributed by atoms with van der Waals surface area (Å²) < 4.78 is 19.8. The van der Waals surface area contributed by atoms with Crippen molar-refractivity contribution in [3.8, 4) is 5.75 Å². The smallest absolute Gasteiger partial charge is 0.127 e. The Kier molecular flexibility index (Phi) is 17.1. The fourth-order valence-corrected chi connectivity index (χ4v) is 5.03. The number of halogens is 2. The molecule has 0 unspecified atom stereocenters. The average Bonchev–Trinajstić information content (AvgIpc) is 2.99. The predicted octanol–water partition coefficient (Wildman–Crippen LogP) is 12.0. The van der Waals surface area contributed by atoms with Crippen LogP contribution in [0.5, 0.6) is 5.75 Å². The Hall–Kier alpha value is -3.50. The van der Waals surface area contributed by atoms with Crippen LogP contribution in [0.2, 0.25) is 5.02 Å². The number of aliphatic hydroxyl groups excluding tert-OH is 1. The summed E-state index contributed by atoms with van der Waals surface area (Å²) in [4.78, 5) is 0. The number of hydrogen-bond donors (Lipinski definition) is 2. The Morgan fingerprint density at radius 1 is 1.05 bits per heavy atom. The van der Waals surface area contributed by atoms with Gasteiger partial charge in [0, 0.05) is 34.3 Å². The third-order valence-corrected chi connectivity index (χ3v) is 7.66. The maximum absolute atomic E-state index is 13.6. The molecule has 3 aromatic carbocycles. The zero-order chi connectivity index (χ0) is 32.5. The van der Waals surface area contributed by atoms with E-state index in [0.717, 1.165) is 75.0 Å². The fourth-order valence-electron chi connectivity index (χ4n) is 4.73. The molecule has 5 heteroatoms. The van der Waals surface area contributed by atoms with Gasteiger partial charge in [-0.2, -0.15) is 0 Å². The van der Waals surface area contributed by atoms with Crippen molar-refractivity contribution in [1.82, 2.24) is 5.32 Å². The number of hydrogen-bond acceptors (Lipinski definition) is 3. The van der Waals surface area contributed by atoms with Crippen molar-refractivity contribution in [3.63, 3.8) is 0 Å². The average molecular weight is 608 g/mol. The van der Waals surface area contributed by atoms with Gasteiger partial charge in [0.1, 0.15) is 11.6 Å². The molecule has 0 aliphatic rings. The van der Waals surface area contributed by atoms with Gasteiger partial charge in [-0.25, -0.2) is 4.39 Å². The normalized spacial score (nSPS) is 11.7. The van der Waals surface area contributed by atoms with Gasteiger partial charge < -0.3 is 15.2 Å². The van der Waals surface area contributed by atoms with Gasteiger partial charge in [-0.3, -0.25) is 0 Å². The van der Waals surface area contributed by atoms with E-state index in [0.29, 0.717) is 6.61 Å². The predicted molar refractivity (Wildman–Crippen MR) is 188 cm³/mol. The van der Waals surface area contributed by atoms with E-state index >= 15 is 0 Å². The lowest BCUT2D eigenvalue weighted by atomic mass is 9.86. The van der Waals surface area contributed by atoms with E-state index in [4.69, 9.17) is 21.4 Å². The molecule has 0 radical (unpaired) electrons. The lowest BCUT2D eigenvalue weighted by molar-refractivity contribution is 0.316. The van der Waals surface area contributed by atoms with Gasteiger partial charge in [0.15, 0.2) is 0 Å². The molecule has 0 fully saturated rings. The van der Waals surface area contributed by atoms with Gasteiger partial charge >= 0.3 is 0 Å². The van der Waals surface area contributed by atoms with Crippen molar-refractivity contribution in [3.05, 3.63) is 112 Å². The van der Waals surface area contributed by atoms with Crippen LogP contribution in [0, 0.1) is 12.7 Å². The largest absolute Gasteiger partial charge is 0.516 e. The van der Waals surface area contributed by atoms with Crippen LogP contribution in [0.4, 0.5) is 4.39 Å². The molecule has 0 aromatic heterocycles. The first-order chi connectivity index (χ1) is 20.5. The van der Waals surface area contributed by atoms with Gasteiger partial charge in [0.2, 0.25) is 0 Å². The minimum atomic E-state index is -0.239. The summed E-state index contributed by atoms with van der Waals surface area (Å²) in [5.41, 5.74) is 9.20. The molecule has 3 rings (SSSR count). The monoisotopic (exact) mass is 607 g/mol. The molecule has 0 heterocycles. The van der Waals surface area contributed by atoms with E-state index in [9.17, 15) is 4.39 Å². The van der Waals surface area contributed by atoms with E-state index in [1.54, 1.807) is 6.07 Å². The van der Waals surface area contributed by atoms with Crippen molar-refractivity contribution in [2.45, 2.75) is 80.6 Å². The highest BCUT2D eigenvalue weighted by atomic mass is 35.5. The molecule has 0 spiro atoms. The van der Waals surface area contributed by atoms with Crippen LogP contribution in [0.1, 0.15) is 90.3 Å². The zero-order valence-corrected chi connectivity index (χ0v) is 28.2. The quantitative estimate of drug-likeness (QED) is 0.129. The van der Waals surface area contributed by atoms with E-state index in [-0.39, 0.29) is 5.82 Å². The lowest BCUT2D eigenvalue weighted by Crippen LogP contribution is -2.08. The van der Waals surface area contributed by atoms with Gasteiger partial charge in [-0.15, -0.1) is 0 Å². The molecule has 234 valence electrons. The number of unbranched alkanes of at least 4 members (excludes halogenated alkanes) is 1. The molecular formula is C38H51ClFNO2. The Morgan fingerprint density at radius 2 is 1.70 bits per heavy atom. The molecule has 3 aromatic rings. The highest BCUT2D eigenvalue weighted by molar-refractivity contribution is 6.33. The summed E-state index contributed by atoms with van der Waals surface area (Å²) >= 11 is 6.75. The molecule has 0 bridgehead atoms. The fraction of sp³-hybridized carbons (Fsp3) is 0.368. The van der Waals surface area contributed by atoms with E-state index < -0.39 is 0 Å². The second-order valence-corrected chi connectivity index (χ2v) is 10.9. The maximum atomic E-state index is 13.6. The highest BCUT2D eigenvalue weighted by Crippen LogP contribution is 2.38. The molecule has 2 N–H and O–H groups in total. The van der Waals surface area contributed by atoms with Crippen molar-refractivity contribution in [2.75, 3.05) is 13.7 Å². The van der Waals surface area contributed by atoms with Crippen LogP contribution in [0.3, 0.4) is 0 Å². The number of benzene rings is 3. The third kappa shape index (κ3) is 10.9. The van der Waals surface area contributed by atoms with Crippen LogP contribution in [-0.4, -0.2) is 18.8 Å². The van der Waals surface area contributed by atoms with Crippen LogP contribution >= 0.6 is 11.6 Å². The zero-order valence-electron chi connectivity index (χ0n) is 27.5. The molecular weight excluding hydrogens is 557 g/mol. The van der Waals surface area contributed by atoms with Crippen molar-refractivity contribution in [2.24, 2.45) is 0 Å². The van der Waals surface area contributed by atoms with Gasteiger partial charge in [0.25, 0.3) is 0 Å². The molecule has 0 amide bonds. The second kappa shape index (κ2) is 19.6. The van der Waals surface area contributed by atoms with Gasteiger partial charge in [-0.1, -0.05) is 82.1 Å². The van der Waals surface area contributed by atoms with Crippen molar-refractivity contribution >= 4 is 33.5 Å². The topological polar surface area (TPSA) is 41.5 Å². The van der Waals surface area contributed by atoms with Crippen LogP contribution in [0.15, 0.2) is 84.8 Å². The first-order valence-corrected chi connectivity index (χ1v) is 15.5. The number of fused-ring (bicyclic) bond motifs is 1. The van der Waals surface area contributed by atoms with Crippen molar-refractivity contribution in [1.29, 1.82) is 0 Å². The Morgan fingerprint density at radius 3 is 2.26 bits per heavy atom. The summed E-state index contributed by atoms with van der Waals surface area (Å²) in [5.74, 6) is 0.547. The molecule has 43 heavy (non-hydrogen) atoms. The lowest BCUT2D eigenvalue weighted by Gasteiger charge is -2.22. The molecule has 3 nitrogen and oxygen atoms in total. The third-order valence-electron chi connectivity index (χ3n) is 7.34. The Bertz CT molecular complexity index is 1420. The highest BCUT2D eigenvalue weighted by Gasteiger charge is 2.19. The summed E-state index contributed by atoms with van der Waals surface area (Å²) in [6.07, 6.45) is 6.11. The first-order valence-electron chi connectivity index (χ1n) is 15.1. The SMILES string of the molecule is C=C(C)/C(=C(/C)NC)c1c(Cl)ccc(/C(CCCOc2cccc3cc(F)ccc23)=C(/C)CC)c1C.C=CO.CCCC. The molecule has 0 aliphatic carbocycles. The van der Waals surface area contributed by atoms with Crippen LogP contribution in [0.25, 0.3) is 21.9 Å². The maximum Gasteiger partial charge on any atom is 0.127 e. The summed E-state index contributed by atoms with van der Waals surface area (Å²) in [5, 5.41) is 13.1. The molecule has 0 aliphatic heterocycles. The number of ether oxygens (including phenoxy) is 1. The Balaban J connectivity index is 0.00000119. The number of rotatable bonds is 11. The van der Waals surface area contributed by atoms with Crippen LogP contribution < -0.4 is 10.1 Å². The minimum Gasteiger partial charge on any atom is -0.516 e. The summed E-state index contributed by atoms with van der Waals surface area (Å²) in [7, 11) is 1.92. The van der Waals surface area contributed by atoms with Crippen molar-refractivity contribution < 1.29 is 14.2 Å². The molecule has 0 saturated carbocycles. The minimum absolute atomic E-state index is 0.239. The Labute approximate surface area is 264 Å². The standard InChI is InChI=1S/C32H37ClFNO.C4H10.C2H4O/c1-8-21(4)26(12-10-18-36-30-13-9-11-24-19-25(34)14-15-28(24)30)27-16-17-29(33)32(22(27)5)31(20(2)3)23(6)35-7;1-3-4-2;1-2-3/h9,11,13-17,19,35H,2,8,10,12,18H2,1,3-7H3;3-4H2,1-2H3;2-3H,1H2/b26-21-,31-23+;;. The summed E-state index contributed by atoms with van der Waals surface area (Å²) in [6, 6.07) is 14.7. The molecule has 0 saturated heterocycles. The number of allylic oxidation sites excluding steroid dienone is 5. The van der Waals surface area contributed by atoms with E-state index in [2.05, 4.69) is 66.1 Å². The number of aliphatic hydroxyl groups is 1. The summed E-state index contributed by atoms with van der Waals surface area (Å²) in [6.45, 7) is 22.7. The van der Waals surface area contributed by atoms with Crippen LogP contribution in [-0.2, 0) is 0 Å². The van der Waals surface area contributed by atoms with Gasteiger partial charge in [0.05, 0.1) is 12.9 Å². The first kappa shape index (κ1) is 37.5. The number of nitrogens with one attached hydrogen (secondary N) is 1. The second-order valence-electron chi connectivity index (χ2n) is 10.5. The van der Waals surface area contributed by atoms with Gasteiger partial charge in [-0.05, 0) is 105 Å².